The van der Waals surface area contributed by atoms with E-state index in [4.69, 9.17) is 0 Å². The van der Waals surface area contributed by atoms with Crippen LogP contribution in [-0.4, -0.2) is 52.1 Å². The Morgan fingerprint density at radius 2 is 1.81 bits per heavy atom. The summed E-state index contributed by atoms with van der Waals surface area (Å²) in [7, 11) is 0. The third-order valence-corrected chi connectivity index (χ3v) is 3.94. The summed E-state index contributed by atoms with van der Waals surface area (Å²) in [5.41, 5.74) is -0.561. The average Bonchev–Trinajstić information content (AvgIpc) is 2.60. The third-order valence-electron chi connectivity index (χ3n) is 3.94. The van der Waals surface area contributed by atoms with Crippen LogP contribution in [0.4, 0.5) is 34.0 Å². The van der Waals surface area contributed by atoms with Crippen molar-refractivity contribution < 1.29 is 22.4 Å². The van der Waals surface area contributed by atoms with Crippen LogP contribution in [-0.2, 0) is 6.18 Å². The zero-order valence-electron chi connectivity index (χ0n) is 14.3. The van der Waals surface area contributed by atoms with Gasteiger partial charge in [0, 0.05) is 37.9 Å². The first-order chi connectivity index (χ1) is 12.7. The number of pyridine rings is 1. The number of nitrogens with one attached hydrogen (secondary N) is 1. The van der Waals surface area contributed by atoms with Crippen LogP contribution in [0.3, 0.4) is 0 Å². The predicted octanol–water partition coefficient (Wildman–Crippen LogP) is 2.69. The molecule has 1 aliphatic heterocycles. The summed E-state index contributed by atoms with van der Waals surface area (Å²) in [6.07, 6.45) is -2.22. The lowest BCUT2D eigenvalue weighted by molar-refractivity contribution is -0.141. The van der Waals surface area contributed by atoms with Gasteiger partial charge in [-0.3, -0.25) is 4.98 Å². The van der Waals surface area contributed by atoms with Gasteiger partial charge in [-0.25, -0.2) is 19.2 Å². The molecule has 3 rings (SSSR count). The second kappa shape index (κ2) is 7.33. The highest BCUT2D eigenvalue weighted by Gasteiger charge is 2.34. The molecule has 0 spiro atoms. The van der Waals surface area contributed by atoms with Crippen molar-refractivity contribution in [3.63, 3.8) is 0 Å². The molecule has 1 saturated heterocycles. The maximum absolute atomic E-state index is 13.1. The maximum Gasteiger partial charge on any atom is 0.433 e. The molecule has 0 atom stereocenters. The van der Waals surface area contributed by atoms with Crippen molar-refractivity contribution in [3.8, 4) is 0 Å². The Kier molecular flexibility index (Phi) is 5.10. The van der Waals surface area contributed by atoms with E-state index >= 15 is 0 Å². The lowest BCUT2D eigenvalue weighted by atomic mass is 10.3. The molecule has 0 saturated carbocycles. The molecule has 0 radical (unpaired) electrons. The van der Waals surface area contributed by atoms with Gasteiger partial charge in [0.05, 0.1) is 18.1 Å². The number of hydrogen-bond acceptors (Lipinski definition) is 5. The smallest absolute Gasteiger partial charge is 0.337 e. The highest BCUT2D eigenvalue weighted by Crippen LogP contribution is 2.29. The van der Waals surface area contributed by atoms with Crippen molar-refractivity contribution in [2.75, 3.05) is 36.4 Å². The molecule has 144 valence electrons. The molecule has 1 aliphatic rings. The molecule has 7 nitrogen and oxygen atoms in total. The number of carbonyl (C=O) groups is 1. The average molecular weight is 384 g/mol. The summed E-state index contributed by atoms with van der Waals surface area (Å²) in [4.78, 5) is 26.6. The molecule has 0 unspecified atom stereocenters. The van der Waals surface area contributed by atoms with Crippen LogP contribution in [0.15, 0.2) is 24.5 Å². The number of urea groups is 1. The number of anilines is 2. The second-order valence-electron chi connectivity index (χ2n) is 5.99. The number of aromatic nitrogens is 3. The second-order valence-corrected chi connectivity index (χ2v) is 5.99. The Morgan fingerprint density at radius 1 is 1.11 bits per heavy atom. The normalized spacial score (nSPS) is 15.0. The van der Waals surface area contributed by atoms with Crippen molar-refractivity contribution in [3.05, 3.63) is 41.7 Å². The summed E-state index contributed by atoms with van der Waals surface area (Å²) in [6, 6.07) is 1.59. The molecule has 11 heteroatoms. The SMILES string of the molecule is Cc1cc(C(F)(F)F)nc(N2CCN(C(=O)Nc3cncc(F)c3)CC2)n1. The van der Waals surface area contributed by atoms with Gasteiger partial charge in [0.15, 0.2) is 0 Å². The molecule has 0 aromatic carbocycles. The van der Waals surface area contributed by atoms with E-state index in [-0.39, 0.29) is 43.5 Å². The van der Waals surface area contributed by atoms with Gasteiger partial charge in [0.1, 0.15) is 11.5 Å². The Bertz CT molecular complexity index is 836. The van der Waals surface area contributed by atoms with Crippen LogP contribution in [0.1, 0.15) is 11.4 Å². The molecule has 1 fully saturated rings. The van der Waals surface area contributed by atoms with E-state index in [1.807, 2.05) is 0 Å². The van der Waals surface area contributed by atoms with Gasteiger partial charge in [0.2, 0.25) is 5.95 Å². The monoisotopic (exact) mass is 384 g/mol. The van der Waals surface area contributed by atoms with Gasteiger partial charge in [-0.05, 0) is 13.0 Å². The number of nitrogens with zero attached hydrogens (tertiary/aromatic N) is 5. The summed E-state index contributed by atoms with van der Waals surface area (Å²) in [6.45, 7) is 2.53. The molecule has 0 bridgehead atoms. The molecule has 0 aliphatic carbocycles. The molecule has 3 heterocycles. The largest absolute Gasteiger partial charge is 0.433 e. The lowest BCUT2D eigenvalue weighted by Crippen LogP contribution is -2.50. The summed E-state index contributed by atoms with van der Waals surface area (Å²) in [5.74, 6) is -0.591. The van der Waals surface area contributed by atoms with E-state index in [9.17, 15) is 22.4 Å². The van der Waals surface area contributed by atoms with E-state index in [1.165, 1.54) is 18.0 Å². The highest BCUT2D eigenvalue weighted by molar-refractivity contribution is 5.89. The van der Waals surface area contributed by atoms with E-state index in [2.05, 4.69) is 20.3 Å². The van der Waals surface area contributed by atoms with E-state index in [1.54, 1.807) is 4.90 Å². The van der Waals surface area contributed by atoms with Crippen LogP contribution in [0, 0.1) is 12.7 Å². The third kappa shape index (κ3) is 4.60. The topological polar surface area (TPSA) is 74.2 Å². The Hall–Kier alpha value is -2.98. The first kappa shape index (κ1) is 18.8. The first-order valence-corrected chi connectivity index (χ1v) is 8.07. The van der Waals surface area contributed by atoms with E-state index in [0.717, 1.165) is 18.3 Å². The van der Waals surface area contributed by atoms with Crippen LogP contribution in [0.2, 0.25) is 0 Å². The zero-order valence-corrected chi connectivity index (χ0v) is 14.3. The highest BCUT2D eigenvalue weighted by atomic mass is 19.4. The van der Waals surface area contributed by atoms with Crippen molar-refractivity contribution in [2.45, 2.75) is 13.1 Å². The Labute approximate surface area is 152 Å². The lowest BCUT2D eigenvalue weighted by Gasteiger charge is -2.34. The van der Waals surface area contributed by atoms with Gasteiger partial charge < -0.3 is 15.1 Å². The fraction of sp³-hybridized carbons (Fsp3) is 0.375. The standard InChI is InChI=1S/C16H16F4N6O/c1-10-6-13(16(18,19)20)24-14(22-10)25-2-4-26(5-3-25)15(27)23-12-7-11(17)8-21-9-12/h6-9H,2-5H2,1H3,(H,23,27). The fourth-order valence-electron chi connectivity index (χ4n) is 2.63. The summed E-state index contributed by atoms with van der Waals surface area (Å²) < 4.78 is 51.9. The minimum absolute atomic E-state index is 0.0169. The van der Waals surface area contributed by atoms with Crippen molar-refractivity contribution in [2.24, 2.45) is 0 Å². The Morgan fingerprint density at radius 3 is 2.44 bits per heavy atom. The number of aryl methyl sites for hydroxylation is 1. The van der Waals surface area contributed by atoms with Crippen molar-refractivity contribution >= 4 is 17.7 Å². The number of alkyl halides is 3. The minimum Gasteiger partial charge on any atom is -0.337 e. The predicted molar refractivity (Wildman–Crippen MR) is 88.8 cm³/mol. The molecule has 2 aromatic rings. The molecular weight excluding hydrogens is 368 g/mol. The number of hydrogen-bond donors (Lipinski definition) is 1. The number of piperazine rings is 1. The van der Waals surface area contributed by atoms with E-state index < -0.39 is 23.7 Å². The van der Waals surface area contributed by atoms with Crippen molar-refractivity contribution in [1.29, 1.82) is 0 Å². The van der Waals surface area contributed by atoms with Crippen LogP contribution in [0.25, 0.3) is 0 Å². The fourth-order valence-corrected chi connectivity index (χ4v) is 2.63. The number of carbonyl (C=O) groups excluding carboxylic acids is 1. The summed E-state index contributed by atoms with van der Waals surface area (Å²) in [5, 5.41) is 2.53. The molecule has 1 N–H and O–H groups in total. The molecular formula is C16H16F4N6O. The van der Waals surface area contributed by atoms with Gasteiger partial charge >= 0.3 is 12.2 Å². The number of amides is 2. The van der Waals surface area contributed by atoms with Crippen molar-refractivity contribution in [1.82, 2.24) is 19.9 Å². The van der Waals surface area contributed by atoms with E-state index in [0.29, 0.717) is 0 Å². The van der Waals surface area contributed by atoms with Crippen LogP contribution < -0.4 is 10.2 Å². The molecule has 27 heavy (non-hydrogen) atoms. The van der Waals surface area contributed by atoms with Gasteiger partial charge in [-0.2, -0.15) is 13.2 Å². The maximum atomic E-state index is 13.1. The van der Waals surface area contributed by atoms with Crippen LogP contribution >= 0.6 is 0 Å². The van der Waals surface area contributed by atoms with Gasteiger partial charge in [-0.15, -0.1) is 0 Å². The van der Waals surface area contributed by atoms with Gasteiger partial charge in [0.25, 0.3) is 0 Å². The molecule has 2 aromatic heterocycles. The summed E-state index contributed by atoms with van der Waals surface area (Å²) >= 11 is 0. The number of halogens is 4. The minimum atomic E-state index is -4.55. The first-order valence-electron chi connectivity index (χ1n) is 8.07. The van der Waals surface area contributed by atoms with Crippen LogP contribution in [0.5, 0.6) is 0 Å². The Balaban J connectivity index is 1.63. The zero-order chi connectivity index (χ0) is 19.6. The quantitative estimate of drug-likeness (QED) is 0.806. The molecule has 2 amide bonds. The van der Waals surface area contributed by atoms with Gasteiger partial charge in [-0.1, -0.05) is 0 Å². The number of rotatable bonds is 2.